The predicted molar refractivity (Wildman–Crippen MR) is 90.5 cm³/mol. The van der Waals surface area contributed by atoms with E-state index in [1.54, 1.807) is 26.0 Å². The third-order valence-electron chi connectivity index (χ3n) is 3.75. The lowest BCUT2D eigenvalue weighted by Crippen LogP contribution is -2.48. The van der Waals surface area contributed by atoms with Gasteiger partial charge in [0.25, 0.3) is 0 Å². The second kappa shape index (κ2) is 7.09. The standard InChI is InChI=1S/C15H26N2O2S.ClH/c1-6-14(2,3)12-7-9-13(10-8-12)20(18,19)17-15(4,5)11-16;/h7-10,17H,6,11,16H2,1-5H3;1H. The molecule has 0 atom stereocenters. The highest BCUT2D eigenvalue weighted by molar-refractivity contribution is 7.89. The van der Waals surface area contributed by atoms with Crippen molar-refractivity contribution in [2.24, 2.45) is 5.73 Å². The van der Waals surface area contributed by atoms with Gasteiger partial charge in [0.05, 0.1) is 4.90 Å². The molecule has 0 radical (unpaired) electrons. The van der Waals surface area contributed by atoms with Crippen LogP contribution in [0.25, 0.3) is 0 Å². The van der Waals surface area contributed by atoms with E-state index in [9.17, 15) is 8.42 Å². The number of benzene rings is 1. The molecular formula is C15H27ClN2O2S. The number of halogens is 1. The molecule has 6 heteroatoms. The van der Waals surface area contributed by atoms with Gasteiger partial charge in [-0.3, -0.25) is 0 Å². The topological polar surface area (TPSA) is 72.2 Å². The minimum atomic E-state index is -3.53. The molecule has 0 aliphatic heterocycles. The Balaban J connectivity index is 0.00000400. The van der Waals surface area contributed by atoms with Gasteiger partial charge in [-0.25, -0.2) is 13.1 Å². The number of rotatable bonds is 6. The van der Waals surface area contributed by atoms with Gasteiger partial charge in [0, 0.05) is 12.1 Å². The summed E-state index contributed by atoms with van der Waals surface area (Å²) in [6.07, 6.45) is 0.998. The summed E-state index contributed by atoms with van der Waals surface area (Å²) in [4.78, 5) is 0.273. The maximum atomic E-state index is 12.3. The van der Waals surface area contributed by atoms with Crippen LogP contribution in [0, 0.1) is 0 Å². The summed E-state index contributed by atoms with van der Waals surface area (Å²) < 4.78 is 27.2. The molecule has 0 heterocycles. The highest BCUT2D eigenvalue weighted by Gasteiger charge is 2.25. The zero-order chi connectivity index (χ0) is 15.6. The Kier molecular flexibility index (Phi) is 6.88. The zero-order valence-corrected chi connectivity index (χ0v) is 15.1. The van der Waals surface area contributed by atoms with Crippen LogP contribution in [0.1, 0.15) is 46.6 Å². The van der Waals surface area contributed by atoms with Crippen LogP contribution in [0.15, 0.2) is 29.2 Å². The van der Waals surface area contributed by atoms with Crippen molar-refractivity contribution < 1.29 is 8.42 Å². The monoisotopic (exact) mass is 334 g/mol. The van der Waals surface area contributed by atoms with Crippen molar-refractivity contribution in [2.45, 2.75) is 56.9 Å². The Labute approximate surface area is 135 Å². The normalized spacial score (nSPS) is 12.9. The van der Waals surface area contributed by atoms with E-state index in [4.69, 9.17) is 5.73 Å². The molecule has 4 nitrogen and oxygen atoms in total. The van der Waals surface area contributed by atoms with Gasteiger partial charge in [-0.1, -0.05) is 32.9 Å². The van der Waals surface area contributed by atoms with Gasteiger partial charge in [-0.15, -0.1) is 12.4 Å². The first-order chi connectivity index (χ1) is 9.04. The average Bonchev–Trinajstić information content (AvgIpc) is 2.38. The molecule has 1 rings (SSSR count). The largest absolute Gasteiger partial charge is 0.329 e. The Morgan fingerprint density at radius 1 is 1.10 bits per heavy atom. The molecule has 0 bridgehead atoms. The van der Waals surface area contributed by atoms with Crippen LogP contribution in [0.5, 0.6) is 0 Å². The van der Waals surface area contributed by atoms with E-state index >= 15 is 0 Å². The van der Waals surface area contributed by atoms with Gasteiger partial charge in [-0.2, -0.15) is 0 Å². The van der Waals surface area contributed by atoms with Crippen molar-refractivity contribution in [3.63, 3.8) is 0 Å². The van der Waals surface area contributed by atoms with Gasteiger partial charge >= 0.3 is 0 Å². The minimum absolute atomic E-state index is 0. The van der Waals surface area contributed by atoms with E-state index in [-0.39, 0.29) is 29.3 Å². The lowest BCUT2D eigenvalue weighted by atomic mass is 9.82. The number of nitrogens with two attached hydrogens (primary N) is 1. The first-order valence-corrected chi connectivity index (χ1v) is 8.37. The first-order valence-electron chi connectivity index (χ1n) is 6.89. The third kappa shape index (κ3) is 5.25. The van der Waals surface area contributed by atoms with E-state index in [0.717, 1.165) is 12.0 Å². The average molecular weight is 335 g/mol. The summed E-state index contributed by atoms with van der Waals surface area (Å²) in [5.74, 6) is 0. The van der Waals surface area contributed by atoms with Crippen molar-refractivity contribution in [3.8, 4) is 0 Å². The lowest BCUT2D eigenvalue weighted by Gasteiger charge is -2.25. The maximum Gasteiger partial charge on any atom is 0.241 e. The van der Waals surface area contributed by atoms with E-state index in [1.807, 2.05) is 12.1 Å². The Bertz CT molecular complexity index is 552. The SMILES string of the molecule is CCC(C)(C)c1ccc(S(=O)(=O)NC(C)(C)CN)cc1.Cl. The molecule has 0 aliphatic rings. The zero-order valence-electron chi connectivity index (χ0n) is 13.4. The van der Waals surface area contributed by atoms with Crippen LogP contribution < -0.4 is 10.5 Å². The van der Waals surface area contributed by atoms with Crippen LogP contribution in [-0.2, 0) is 15.4 Å². The quantitative estimate of drug-likeness (QED) is 0.840. The van der Waals surface area contributed by atoms with Gasteiger partial charge in [0.2, 0.25) is 10.0 Å². The summed E-state index contributed by atoms with van der Waals surface area (Å²) in [6.45, 7) is 10.2. The van der Waals surface area contributed by atoms with Crippen molar-refractivity contribution in [1.29, 1.82) is 0 Å². The minimum Gasteiger partial charge on any atom is -0.329 e. The second-order valence-corrected chi connectivity index (χ2v) is 8.14. The van der Waals surface area contributed by atoms with E-state index in [2.05, 4.69) is 25.5 Å². The van der Waals surface area contributed by atoms with Gasteiger partial charge in [0.1, 0.15) is 0 Å². The molecule has 21 heavy (non-hydrogen) atoms. The van der Waals surface area contributed by atoms with E-state index in [0.29, 0.717) is 0 Å². The summed E-state index contributed by atoms with van der Waals surface area (Å²) in [7, 11) is -3.53. The molecule has 0 amide bonds. The fourth-order valence-electron chi connectivity index (χ4n) is 1.75. The molecule has 0 aliphatic carbocycles. The maximum absolute atomic E-state index is 12.3. The molecule has 1 aromatic carbocycles. The molecule has 122 valence electrons. The van der Waals surface area contributed by atoms with Crippen molar-refractivity contribution in [3.05, 3.63) is 29.8 Å². The first kappa shape index (κ1) is 20.4. The van der Waals surface area contributed by atoms with Crippen molar-refractivity contribution in [1.82, 2.24) is 4.72 Å². The smallest absolute Gasteiger partial charge is 0.241 e. The van der Waals surface area contributed by atoms with Gasteiger partial charge in [-0.05, 0) is 43.4 Å². The molecule has 1 aromatic rings. The Morgan fingerprint density at radius 3 is 1.95 bits per heavy atom. The molecule has 0 saturated heterocycles. The summed E-state index contributed by atoms with van der Waals surface area (Å²) in [5, 5.41) is 0. The number of nitrogens with one attached hydrogen (secondary N) is 1. The molecular weight excluding hydrogens is 308 g/mol. The van der Waals surface area contributed by atoms with Crippen molar-refractivity contribution in [2.75, 3.05) is 6.54 Å². The van der Waals surface area contributed by atoms with Crippen LogP contribution in [0.4, 0.5) is 0 Å². The van der Waals surface area contributed by atoms with Crippen molar-refractivity contribution >= 4 is 22.4 Å². The molecule has 0 fully saturated rings. The second-order valence-electron chi connectivity index (χ2n) is 6.46. The Hall–Kier alpha value is -0.620. The molecule has 0 unspecified atom stereocenters. The van der Waals surface area contributed by atoms with Crippen LogP contribution >= 0.6 is 12.4 Å². The number of hydrogen-bond donors (Lipinski definition) is 2. The summed E-state index contributed by atoms with van der Waals surface area (Å²) >= 11 is 0. The lowest BCUT2D eigenvalue weighted by molar-refractivity contribution is 0.462. The fraction of sp³-hybridized carbons (Fsp3) is 0.600. The van der Waals surface area contributed by atoms with Crippen LogP contribution in [-0.4, -0.2) is 20.5 Å². The van der Waals surface area contributed by atoms with Gasteiger partial charge < -0.3 is 5.73 Å². The molecule has 3 N–H and O–H groups in total. The molecule has 0 saturated carbocycles. The molecule has 0 spiro atoms. The van der Waals surface area contributed by atoms with Crippen LogP contribution in [0.2, 0.25) is 0 Å². The van der Waals surface area contributed by atoms with E-state index < -0.39 is 15.6 Å². The van der Waals surface area contributed by atoms with Gasteiger partial charge in [0.15, 0.2) is 0 Å². The summed E-state index contributed by atoms with van der Waals surface area (Å²) in [5.41, 5.74) is 6.10. The third-order valence-corrected chi connectivity index (χ3v) is 5.47. The molecule has 0 aromatic heterocycles. The highest BCUT2D eigenvalue weighted by Crippen LogP contribution is 2.27. The predicted octanol–water partition coefficient (Wildman–Crippen LogP) is 2.81. The van der Waals surface area contributed by atoms with Crippen LogP contribution in [0.3, 0.4) is 0 Å². The summed E-state index contributed by atoms with van der Waals surface area (Å²) in [6, 6.07) is 7.07. The highest BCUT2D eigenvalue weighted by atomic mass is 35.5. The number of sulfonamides is 1. The Morgan fingerprint density at radius 2 is 1.57 bits per heavy atom. The number of hydrogen-bond acceptors (Lipinski definition) is 3. The fourth-order valence-corrected chi connectivity index (χ4v) is 3.18. The van der Waals surface area contributed by atoms with E-state index in [1.165, 1.54) is 0 Å².